The van der Waals surface area contributed by atoms with E-state index in [9.17, 15) is 22.8 Å². The number of nitrogens with two attached hydrogens (primary N) is 2. The first-order valence-corrected chi connectivity index (χ1v) is 10.2. The van der Waals surface area contributed by atoms with Crippen molar-refractivity contribution in [3.05, 3.63) is 54.2 Å². The number of aliphatic carboxylic acids is 1. The van der Waals surface area contributed by atoms with Crippen LogP contribution in [0, 0.1) is 5.92 Å². The second-order valence-electron chi connectivity index (χ2n) is 7.79. The maximum Gasteiger partial charge on any atom is 0.490 e. The number of rotatable bonds is 4. The monoisotopic (exact) mass is 477 g/mol. The number of fused-ring (bicyclic) bond motifs is 1. The van der Waals surface area contributed by atoms with Crippen molar-refractivity contribution in [2.24, 2.45) is 17.4 Å². The van der Waals surface area contributed by atoms with Crippen LogP contribution in [-0.2, 0) is 9.59 Å². The Morgan fingerprint density at radius 3 is 2.26 bits per heavy atom. The van der Waals surface area contributed by atoms with E-state index in [-0.39, 0.29) is 17.9 Å². The van der Waals surface area contributed by atoms with Crippen molar-refractivity contribution in [2.45, 2.75) is 31.5 Å². The largest absolute Gasteiger partial charge is 0.490 e. The van der Waals surface area contributed by atoms with E-state index < -0.39 is 18.1 Å². The molecular weight excluding hydrogens is 455 g/mol. The molecule has 180 valence electrons. The molecular formula is C22H22F3N5O4. The molecule has 1 saturated carbocycles. The summed E-state index contributed by atoms with van der Waals surface area (Å²) in [5.41, 5.74) is 13.8. The highest BCUT2D eigenvalue weighted by Crippen LogP contribution is 2.26. The molecule has 34 heavy (non-hydrogen) atoms. The lowest BCUT2D eigenvalue weighted by Gasteiger charge is -2.11. The van der Waals surface area contributed by atoms with Gasteiger partial charge in [-0.25, -0.2) is 9.48 Å². The Labute approximate surface area is 191 Å². The summed E-state index contributed by atoms with van der Waals surface area (Å²) >= 11 is 0. The summed E-state index contributed by atoms with van der Waals surface area (Å²) in [6, 6.07) is 12.9. The number of carbonyl (C=O) groups excluding carboxylic acids is 2. The topological polar surface area (TPSA) is 153 Å². The Morgan fingerprint density at radius 2 is 1.74 bits per heavy atom. The molecule has 3 aromatic rings. The van der Waals surface area contributed by atoms with Crippen LogP contribution in [0.4, 0.5) is 18.9 Å². The molecule has 0 spiro atoms. The zero-order chi connectivity index (χ0) is 25.0. The Kier molecular flexibility index (Phi) is 7.20. The van der Waals surface area contributed by atoms with E-state index in [4.69, 9.17) is 21.4 Å². The second-order valence-corrected chi connectivity index (χ2v) is 7.79. The smallest absolute Gasteiger partial charge is 0.475 e. The molecule has 1 aliphatic carbocycles. The molecule has 2 amide bonds. The van der Waals surface area contributed by atoms with Gasteiger partial charge < -0.3 is 21.9 Å². The van der Waals surface area contributed by atoms with Gasteiger partial charge in [-0.05, 0) is 49.6 Å². The fourth-order valence-electron chi connectivity index (χ4n) is 3.57. The predicted molar refractivity (Wildman–Crippen MR) is 117 cm³/mol. The van der Waals surface area contributed by atoms with Crippen LogP contribution in [0.25, 0.3) is 16.6 Å². The molecule has 2 atom stereocenters. The normalized spacial score (nSPS) is 17.6. The molecule has 9 nitrogen and oxygen atoms in total. The van der Waals surface area contributed by atoms with E-state index in [1.165, 1.54) is 0 Å². The zero-order valence-corrected chi connectivity index (χ0v) is 17.7. The number of alkyl halides is 3. The lowest BCUT2D eigenvalue weighted by Crippen LogP contribution is -2.23. The van der Waals surface area contributed by atoms with Crippen LogP contribution in [-0.4, -0.2) is 44.9 Å². The number of amides is 2. The van der Waals surface area contributed by atoms with Crippen LogP contribution in [0.5, 0.6) is 0 Å². The minimum Gasteiger partial charge on any atom is -0.475 e. The lowest BCUT2D eigenvalue weighted by molar-refractivity contribution is -0.192. The SMILES string of the molecule is NC(=O)c1cccc2cn(-c3ccc(NC(=O)[C@H]4CC[C@@H](N)C4)cc3)nc12.O=C(O)C(F)(F)F. The summed E-state index contributed by atoms with van der Waals surface area (Å²) < 4.78 is 33.4. The number of halogens is 3. The number of carbonyl (C=O) groups is 3. The Hall–Kier alpha value is -3.93. The minimum atomic E-state index is -5.08. The van der Waals surface area contributed by atoms with E-state index in [1.54, 1.807) is 16.8 Å². The van der Waals surface area contributed by atoms with E-state index in [0.29, 0.717) is 11.1 Å². The highest BCUT2D eigenvalue weighted by atomic mass is 19.4. The van der Waals surface area contributed by atoms with Crippen LogP contribution < -0.4 is 16.8 Å². The summed E-state index contributed by atoms with van der Waals surface area (Å²) in [6.45, 7) is 0. The first kappa shape index (κ1) is 24.7. The third kappa shape index (κ3) is 5.90. The van der Waals surface area contributed by atoms with Gasteiger partial charge in [0.05, 0.1) is 11.3 Å². The second kappa shape index (κ2) is 9.91. The number of carboxylic acids is 1. The van der Waals surface area contributed by atoms with Crippen molar-refractivity contribution < 1.29 is 32.7 Å². The number of benzene rings is 2. The average molecular weight is 477 g/mol. The average Bonchev–Trinajstić information content (AvgIpc) is 3.40. The third-order valence-electron chi connectivity index (χ3n) is 5.29. The van der Waals surface area contributed by atoms with E-state index in [0.717, 1.165) is 36.0 Å². The van der Waals surface area contributed by atoms with Gasteiger partial charge in [0.25, 0.3) is 5.91 Å². The van der Waals surface area contributed by atoms with E-state index in [1.807, 2.05) is 36.5 Å². The Balaban J connectivity index is 0.000000406. The van der Waals surface area contributed by atoms with Crippen molar-refractivity contribution in [2.75, 3.05) is 5.32 Å². The van der Waals surface area contributed by atoms with Gasteiger partial charge in [0, 0.05) is 29.2 Å². The van der Waals surface area contributed by atoms with E-state index in [2.05, 4.69) is 10.4 Å². The van der Waals surface area contributed by atoms with Crippen molar-refractivity contribution in [1.82, 2.24) is 9.78 Å². The van der Waals surface area contributed by atoms with Crippen LogP contribution in [0.15, 0.2) is 48.7 Å². The molecule has 4 rings (SSSR count). The number of nitrogens with zero attached hydrogens (tertiary/aromatic N) is 2. The van der Waals surface area contributed by atoms with Crippen molar-refractivity contribution in [3.8, 4) is 5.69 Å². The summed E-state index contributed by atoms with van der Waals surface area (Å²) in [5, 5.41) is 15.4. The van der Waals surface area contributed by atoms with Gasteiger partial charge in [0.1, 0.15) is 5.52 Å². The van der Waals surface area contributed by atoms with Gasteiger partial charge in [-0.3, -0.25) is 9.59 Å². The number of aromatic nitrogens is 2. The van der Waals surface area contributed by atoms with Crippen molar-refractivity contribution in [1.29, 1.82) is 0 Å². The van der Waals surface area contributed by atoms with Gasteiger partial charge in [-0.15, -0.1) is 0 Å². The summed E-state index contributed by atoms with van der Waals surface area (Å²) in [4.78, 5) is 32.8. The zero-order valence-electron chi connectivity index (χ0n) is 17.7. The number of hydrogen-bond donors (Lipinski definition) is 4. The molecule has 1 aromatic heterocycles. The highest BCUT2D eigenvalue weighted by Gasteiger charge is 2.38. The summed E-state index contributed by atoms with van der Waals surface area (Å²) in [5.74, 6) is -3.25. The Bertz CT molecular complexity index is 1210. The fourth-order valence-corrected chi connectivity index (χ4v) is 3.57. The van der Waals surface area contributed by atoms with Crippen molar-refractivity contribution >= 4 is 34.4 Å². The molecule has 1 fully saturated rings. The standard InChI is InChI=1S/C20H21N5O2.C2HF3O2/c21-14-5-4-12(10-14)20(27)23-15-6-8-16(9-7-15)25-11-13-2-1-3-17(19(22)26)18(13)24-25;3-2(4,5)1(6)7/h1-3,6-9,11-12,14H,4-5,10,21H2,(H2,22,26)(H,23,27);(H,6,7)/t12-,14+;/m0./s1. The third-order valence-corrected chi connectivity index (χ3v) is 5.29. The molecule has 0 saturated heterocycles. The molecule has 0 radical (unpaired) electrons. The molecule has 2 aromatic carbocycles. The number of nitrogens with one attached hydrogen (secondary N) is 1. The van der Waals surface area contributed by atoms with Crippen LogP contribution in [0.1, 0.15) is 29.6 Å². The number of carboxylic acid groups (broad SMARTS) is 1. The maximum absolute atomic E-state index is 12.3. The molecule has 0 bridgehead atoms. The van der Waals surface area contributed by atoms with Crippen LogP contribution >= 0.6 is 0 Å². The molecule has 1 aliphatic rings. The van der Waals surface area contributed by atoms with Gasteiger partial charge in [-0.1, -0.05) is 12.1 Å². The van der Waals surface area contributed by atoms with Crippen LogP contribution in [0.2, 0.25) is 0 Å². The quantitative estimate of drug-likeness (QED) is 0.453. The molecule has 1 heterocycles. The highest BCUT2D eigenvalue weighted by molar-refractivity contribution is 6.04. The lowest BCUT2D eigenvalue weighted by atomic mass is 10.1. The van der Waals surface area contributed by atoms with Gasteiger partial charge >= 0.3 is 12.1 Å². The summed E-state index contributed by atoms with van der Waals surface area (Å²) in [7, 11) is 0. The molecule has 0 aliphatic heterocycles. The van der Waals surface area contributed by atoms with Gasteiger partial charge in [0.15, 0.2) is 0 Å². The molecule has 12 heteroatoms. The van der Waals surface area contributed by atoms with Gasteiger partial charge in [0.2, 0.25) is 5.91 Å². The van der Waals surface area contributed by atoms with E-state index >= 15 is 0 Å². The molecule has 0 unspecified atom stereocenters. The van der Waals surface area contributed by atoms with Crippen LogP contribution in [0.3, 0.4) is 0 Å². The first-order valence-electron chi connectivity index (χ1n) is 10.2. The predicted octanol–water partition coefficient (Wildman–Crippen LogP) is 2.82. The molecule has 6 N–H and O–H groups in total. The minimum absolute atomic E-state index is 0.0108. The number of primary amides is 1. The summed E-state index contributed by atoms with van der Waals surface area (Å²) in [6.07, 6.45) is -0.758. The van der Waals surface area contributed by atoms with Gasteiger partial charge in [-0.2, -0.15) is 18.3 Å². The Morgan fingerprint density at radius 1 is 1.09 bits per heavy atom. The van der Waals surface area contributed by atoms with Crippen molar-refractivity contribution in [3.63, 3.8) is 0 Å². The number of hydrogen-bond acceptors (Lipinski definition) is 5. The maximum atomic E-state index is 12.3. The fraction of sp³-hybridized carbons (Fsp3) is 0.273. The first-order chi connectivity index (χ1) is 16.0. The number of anilines is 1.